The van der Waals surface area contributed by atoms with Gasteiger partial charge in [0.15, 0.2) is 5.78 Å². The number of hydrogen-bond acceptors (Lipinski definition) is 4. The number of hydrogen-bond donors (Lipinski definition) is 2. The summed E-state index contributed by atoms with van der Waals surface area (Å²) >= 11 is 6.08. The lowest BCUT2D eigenvalue weighted by atomic mass is 10.1. The molecule has 0 saturated carbocycles. The minimum atomic E-state index is -0.570. The number of Topliss-reactive ketones (excluding diaryl/α,β-unsaturated/α-hetero) is 1. The minimum absolute atomic E-state index is 0.112. The Kier molecular flexibility index (Phi) is 3.75. The monoisotopic (exact) mass is 330 g/mol. The molecule has 116 valence electrons. The van der Waals surface area contributed by atoms with Crippen LogP contribution in [0.2, 0.25) is 5.02 Å². The van der Waals surface area contributed by atoms with Gasteiger partial charge in [0.1, 0.15) is 17.2 Å². The zero-order chi connectivity index (χ0) is 16.6. The standard InChI is InChI=1S/C16H11ClN2O4/c1-8(20)11-4-2-9(6-12(11)17)14-5-3-10(23-14)7-13-15(21)19-16(22)18-13/h2-7H,1H3,(H2,18,19,21,22)/b13-7-. The Morgan fingerprint density at radius 1 is 1.17 bits per heavy atom. The van der Waals surface area contributed by atoms with Crippen LogP contribution in [0.5, 0.6) is 0 Å². The molecule has 23 heavy (non-hydrogen) atoms. The number of carbonyl (C=O) groups excluding carboxylic acids is 3. The van der Waals surface area contributed by atoms with E-state index in [0.29, 0.717) is 27.7 Å². The largest absolute Gasteiger partial charge is 0.457 e. The first-order valence-electron chi connectivity index (χ1n) is 6.69. The third-order valence-corrected chi connectivity index (χ3v) is 3.58. The maximum absolute atomic E-state index is 11.5. The number of carbonyl (C=O) groups is 3. The third kappa shape index (κ3) is 3.02. The van der Waals surface area contributed by atoms with Gasteiger partial charge in [-0.25, -0.2) is 4.79 Å². The fourth-order valence-corrected chi connectivity index (χ4v) is 2.48. The van der Waals surface area contributed by atoms with Gasteiger partial charge in [0, 0.05) is 17.2 Å². The molecule has 3 amide bonds. The number of rotatable bonds is 3. The first-order valence-corrected chi connectivity index (χ1v) is 7.06. The second kappa shape index (κ2) is 5.73. The highest BCUT2D eigenvalue weighted by atomic mass is 35.5. The van der Waals surface area contributed by atoms with E-state index in [0.717, 1.165) is 0 Å². The van der Waals surface area contributed by atoms with Crippen LogP contribution in [0.25, 0.3) is 17.4 Å². The molecular formula is C16H11ClN2O4. The molecule has 1 aliphatic rings. The summed E-state index contributed by atoms with van der Waals surface area (Å²) < 4.78 is 5.62. The van der Waals surface area contributed by atoms with Crippen LogP contribution < -0.4 is 10.6 Å². The number of ketones is 1. The topological polar surface area (TPSA) is 88.4 Å². The predicted octanol–water partition coefficient (Wildman–Crippen LogP) is 2.98. The lowest BCUT2D eigenvalue weighted by Crippen LogP contribution is -2.22. The van der Waals surface area contributed by atoms with E-state index in [1.54, 1.807) is 30.3 Å². The summed E-state index contributed by atoms with van der Waals surface area (Å²) in [7, 11) is 0. The maximum atomic E-state index is 11.5. The minimum Gasteiger partial charge on any atom is -0.457 e. The van der Waals surface area contributed by atoms with Crippen LogP contribution in [0.3, 0.4) is 0 Å². The third-order valence-electron chi connectivity index (χ3n) is 3.27. The number of imide groups is 1. The maximum Gasteiger partial charge on any atom is 0.326 e. The summed E-state index contributed by atoms with van der Waals surface area (Å²) in [6.07, 6.45) is 1.43. The Hall–Kier alpha value is -2.86. The second-order valence-electron chi connectivity index (χ2n) is 4.92. The Morgan fingerprint density at radius 3 is 2.57 bits per heavy atom. The summed E-state index contributed by atoms with van der Waals surface area (Å²) in [5.74, 6) is 0.300. The summed E-state index contributed by atoms with van der Waals surface area (Å²) in [4.78, 5) is 33.9. The van der Waals surface area contributed by atoms with Crippen LogP contribution in [-0.2, 0) is 4.79 Å². The molecule has 0 bridgehead atoms. The molecule has 6 nitrogen and oxygen atoms in total. The molecule has 7 heteroatoms. The van der Waals surface area contributed by atoms with Crippen LogP contribution in [0, 0.1) is 0 Å². The quantitative estimate of drug-likeness (QED) is 0.514. The predicted molar refractivity (Wildman–Crippen MR) is 83.8 cm³/mol. The molecule has 0 spiro atoms. The molecule has 1 aromatic heterocycles. The van der Waals surface area contributed by atoms with Crippen LogP contribution >= 0.6 is 11.6 Å². The highest BCUT2D eigenvalue weighted by Crippen LogP contribution is 2.28. The number of halogens is 1. The number of amides is 3. The molecule has 0 atom stereocenters. The van der Waals surface area contributed by atoms with Crippen molar-refractivity contribution in [3.8, 4) is 11.3 Å². The highest BCUT2D eigenvalue weighted by Gasteiger charge is 2.23. The van der Waals surface area contributed by atoms with Gasteiger partial charge in [-0.1, -0.05) is 17.7 Å². The van der Waals surface area contributed by atoms with Gasteiger partial charge >= 0.3 is 6.03 Å². The van der Waals surface area contributed by atoms with Gasteiger partial charge in [-0.05, 0) is 31.2 Å². The molecular weight excluding hydrogens is 320 g/mol. The van der Waals surface area contributed by atoms with Crippen LogP contribution in [-0.4, -0.2) is 17.7 Å². The zero-order valence-electron chi connectivity index (χ0n) is 12.0. The molecule has 1 fully saturated rings. The van der Waals surface area contributed by atoms with Gasteiger partial charge in [-0.2, -0.15) is 0 Å². The van der Waals surface area contributed by atoms with Gasteiger partial charge in [0.25, 0.3) is 5.91 Å². The Bertz CT molecular complexity index is 867. The Balaban J connectivity index is 1.89. The van der Waals surface area contributed by atoms with Gasteiger partial charge in [0.05, 0.1) is 5.02 Å². The summed E-state index contributed by atoms with van der Waals surface area (Å²) in [5.41, 5.74) is 1.25. The van der Waals surface area contributed by atoms with E-state index in [-0.39, 0.29) is 11.5 Å². The molecule has 0 unspecified atom stereocenters. The van der Waals surface area contributed by atoms with E-state index in [1.165, 1.54) is 13.0 Å². The number of benzene rings is 1. The van der Waals surface area contributed by atoms with E-state index in [4.69, 9.17) is 16.0 Å². The van der Waals surface area contributed by atoms with Crippen molar-refractivity contribution in [1.82, 2.24) is 10.6 Å². The Labute approximate surface area is 136 Å². The zero-order valence-corrected chi connectivity index (χ0v) is 12.7. The average Bonchev–Trinajstić information content (AvgIpc) is 3.06. The first-order chi connectivity index (χ1) is 10.9. The van der Waals surface area contributed by atoms with Crippen LogP contribution in [0.15, 0.2) is 40.4 Å². The number of urea groups is 1. The molecule has 1 saturated heterocycles. The van der Waals surface area contributed by atoms with E-state index in [1.807, 2.05) is 0 Å². The average molecular weight is 331 g/mol. The molecule has 1 aliphatic heterocycles. The molecule has 2 aromatic rings. The van der Waals surface area contributed by atoms with E-state index in [2.05, 4.69) is 10.6 Å². The molecule has 0 aliphatic carbocycles. The summed E-state index contributed by atoms with van der Waals surface area (Å²) in [6.45, 7) is 1.44. The van der Waals surface area contributed by atoms with Crippen molar-refractivity contribution in [3.05, 3.63) is 52.4 Å². The van der Waals surface area contributed by atoms with Crippen LogP contribution in [0.4, 0.5) is 4.79 Å². The molecule has 3 rings (SSSR count). The fourth-order valence-electron chi connectivity index (χ4n) is 2.16. The van der Waals surface area contributed by atoms with Gasteiger partial charge in [-0.15, -0.1) is 0 Å². The second-order valence-corrected chi connectivity index (χ2v) is 5.33. The van der Waals surface area contributed by atoms with Crippen molar-refractivity contribution in [2.24, 2.45) is 0 Å². The number of furan rings is 1. The van der Waals surface area contributed by atoms with Crippen molar-refractivity contribution in [2.45, 2.75) is 6.92 Å². The molecule has 2 heterocycles. The van der Waals surface area contributed by atoms with E-state index in [9.17, 15) is 14.4 Å². The lowest BCUT2D eigenvalue weighted by Gasteiger charge is -2.02. The highest BCUT2D eigenvalue weighted by molar-refractivity contribution is 6.34. The Morgan fingerprint density at radius 2 is 1.96 bits per heavy atom. The molecule has 0 radical (unpaired) electrons. The van der Waals surface area contributed by atoms with Crippen molar-refractivity contribution >= 4 is 35.4 Å². The van der Waals surface area contributed by atoms with Gasteiger partial charge in [0.2, 0.25) is 0 Å². The summed E-state index contributed by atoms with van der Waals surface area (Å²) in [6, 6.07) is 7.79. The van der Waals surface area contributed by atoms with Gasteiger partial charge in [-0.3, -0.25) is 14.9 Å². The van der Waals surface area contributed by atoms with Crippen LogP contribution in [0.1, 0.15) is 23.0 Å². The molecule has 2 N–H and O–H groups in total. The molecule has 1 aromatic carbocycles. The SMILES string of the molecule is CC(=O)c1ccc(-c2ccc(/C=C3\NC(=O)NC3=O)o2)cc1Cl. The smallest absolute Gasteiger partial charge is 0.326 e. The van der Waals surface area contributed by atoms with E-state index < -0.39 is 11.9 Å². The van der Waals surface area contributed by atoms with Crippen molar-refractivity contribution in [2.75, 3.05) is 0 Å². The fraction of sp³-hybridized carbons (Fsp3) is 0.0625. The normalized spacial score (nSPS) is 15.7. The lowest BCUT2D eigenvalue weighted by molar-refractivity contribution is -0.115. The number of nitrogens with one attached hydrogen (secondary N) is 2. The van der Waals surface area contributed by atoms with Gasteiger partial charge < -0.3 is 9.73 Å². The first kappa shape index (κ1) is 15.1. The van der Waals surface area contributed by atoms with E-state index >= 15 is 0 Å². The summed E-state index contributed by atoms with van der Waals surface area (Å²) in [5, 5.41) is 4.82. The van der Waals surface area contributed by atoms with Crippen molar-refractivity contribution < 1.29 is 18.8 Å². The van der Waals surface area contributed by atoms with Crippen molar-refractivity contribution in [3.63, 3.8) is 0 Å². The van der Waals surface area contributed by atoms with Crippen molar-refractivity contribution in [1.29, 1.82) is 0 Å².